The van der Waals surface area contributed by atoms with Crippen LogP contribution in [0.15, 0.2) is 29.8 Å². The first-order valence-electron chi connectivity index (χ1n) is 12.8. The molecule has 2 aromatic rings. The van der Waals surface area contributed by atoms with Gasteiger partial charge in [-0.25, -0.2) is 9.37 Å². The minimum Gasteiger partial charge on any atom is -0.479 e. The fraction of sp³-hybridized carbons (Fsp3) is 0.615. The Hall–Kier alpha value is -3.01. The zero-order valence-electron chi connectivity index (χ0n) is 21.5. The molecule has 2 fully saturated rings. The second-order valence-corrected chi connectivity index (χ2v) is 10.4. The summed E-state index contributed by atoms with van der Waals surface area (Å²) in [6.45, 7) is 6.44. The normalized spacial score (nSPS) is 27.5. The Balaban J connectivity index is 1.47. The van der Waals surface area contributed by atoms with Crippen molar-refractivity contribution in [2.45, 2.75) is 58.0 Å². The number of hydrogen-bond donors (Lipinski definition) is 0. The van der Waals surface area contributed by atoms with Crippen LogP contribution in [-0.4, -0.2) is 71.2 Å². The van der Waals surface area contributed by atoms with Crippen molar-refractivity contribution in [1.29, 1.82) is 0 Å². The van der Waals surface area contributed by atoms with Crippen LogP contribution >= 0.6 is 0 Å². The summed E-state index contributed by atoms with van der Waals surface area (Å²) in [7, 11) is 3.29. The largest absolute Gasteiger partial charge is 0.479 e. The van der Waals surface area contributed by atoms with Gasteiger partial charge in [-0.1, -0.05) is 13.8 Å². The Morgan fingerprint density at radius 3 is 2.83 bits per heavy atom. The number of carbonyl (C=O) groups excluding carboxylic acids is 1. The lowest BCUT2D eigenvalue weighted by molar-refractivity contribution is -0.136. The highest BCUT2D eigenvalue weighted by Gasteiger charge is 2.42. The molecule has 4 unspecified atom stereocenters. The zero-order valence-corrected chi connectivity index (χ0v) is 21.5. The number of amides is 1. The van der Waals surface area contributed by atoms with Crippen LogP contribution in [0.1, 0.15) is 57.6 Å². The molecule has 4 atom stereocenters. The van der Waals surface area contributed by atoms with Gasteiger partial charge in [0.15, 0.2) is 5.82 Å². The first-order valence-corrected chi connectivity index (χ1v) is 12.8. The third-order valence-electron chi connectivity index (χ3n) is 8.07. The number of anilines is 1. The van der Waals surface area contributed by atoms with E-state index in [4.69, 9.17) is 19.7 Å². The summed E-state index contributed by atoms with van der Waals surface area (Å²) in [5.41, 5.74) is 2.46. The Morgan fingerprint density at radius 2 is 2.11 bits per heavy atom. The van der Waals surface area contributed by atoms with Crippen LogP contribution in [0.4, 0.5) is 10.1 Å². The van der Waals surface area contributed by atoms with Gasteiger partial charge >= 0.3 is 0 Å². The van der Waals surface area contributed by atoms with E-state index < -0.39 is 5.82 Å². The minimum atomic E-state index is -0.511. The Labute approximate surface area is 211 Å². The summed E-state index contributed by atoms with van der Waals surface area (Å²) in [6, 6.07) is 1.64. The number of ether oxygens (including phenoxy) is 2. The summed E-state index contributed by atoms with van der Waals surface area (Å²) in [5, 5.41) is 11.7. The molecule has 10 heteroatoms. The predicted octanol–water partition coefficient (Wildman–Crippen LogP) is 3.65. The van der Waals surface area contributed by atoms with Gasteiger partial charge in [-0.05, 0) is 25.7 Å². The zero-order chi connectivity index (χ0) is 25.4. The van der Waals surface area contributed by atoms with Crippen molar-refractivity contribution >= 4 is 17.3 Å². The maximum atomic E-state index is 14.5. The highest BCUT2D eigenvalue weighted by Crippen LogP contribution is 2.42. The van der Waals surface area contributed by atoms with Gasteiger partial charge in [0.1, 0.15) is 0 Å². The Bertz CT molecular complexity index is 1150. The van der Waals surface area contributed by atoms with Crippen molar-refractivity contribution in [3.05, 3.63) is 36.0 Å². The van der Waals surface area contributed by atoms with Gasteiger partial charge in [-0.2, -0.15) is 10.2 Å². The Kier molecular flexibility index (Phi) is 6.72. The molecule has 0 aliphatic carbocycles. The van der Waals surface area contributed by atoms with Crippen LogP contribution in [0.3, 0.4) is 0 Å². The van der Waals surface area contributed by atoms with E-state index in [1.165, 1.54) is 13.2 Å². The first-order chi connectivity index (χ1) is 17.3. The molecule has 0 saturated carbocycles. The lowest BCUT2D eigenvalue weighted by Gasteiger charge is -2.43. The predicted molar refractivity (Wildman–Crippen MR) is 134 cm³/mol. The van der Waals surface area contributed by atoms with E-state index in [9.17, 15) is 9.18 Å². The molecule has 194 valence electrons. The molecular weight excluding hydrogens is 463 g/mol. The molecule has 2 aromatic heterocycles. The maximum Gasteiger partial charge on any atom is 0.250 e. The van der Waals surface area contributed by atoms with E-state index in [-0.39, 0.29) is 35.2 Å². The smallest absolute Gasteiger partial charge is 0.250 e. The number of hydrogen-bond acceptors (Lipinski definition) is 7. The summed E-state index contributed by atoms with van der Waals surface area (Å²) in [4.78, 5) is 18.1. The van der Waals surface area contributed by atoms with Gasteiger partial charge in [-0.15, -0.1) is 0 Å². The number of likely N-dealkylation sites (tertiary alicyclic amines) is 1. The molecule has 0 N–H and O–H groups in total. The van der Waals surface area contributed by atoms with Crippen molar-refractivity contribution in [1.82, 2.24) is 19.7 Å². The number of methoxy groups -OCH3 is 1. The molecule has 0 bridgehead atoms. The van der Waals surface area contributed by atoms with Crippen molar-refractivity contribution in [2.24, 2.45) is 16.4 Å². The summed E-state index contributed by atoms with van der Waals surface area (Å²) in [6.07, 6.45) is 9.53. The highest BCUT2D eigenvalue weighted by atomic mass is 19.1. The molecule has 5 heterocycles. The van der Waals surface area contributed by atoms with Gasteiger partial charge in [0.05, 0.1) is 43.0 Å². The van der Waals surface area contributed by atoms with Crippen molar-refractivity contribution in [2.75, 3.05) is 38.9 Å². The van der Waals surface area contributed by atoms with Gasteiger partial charge < -0.3 is 14.4 Å². The molecule has 0 radical (unpaired) electrons. The lowest BCUT2D eigenvalue weighted by Crippen LogP contribution is -2.47. The quantitative estimate of drug-likeness (QED) is 0.605. The number of rotatable bonds is 6. The standard InChI is InChI=1S/C26H35FN6O3/c1-5-22(26(2)9-6-23(34)31(3)16-26)32-15-17(13-29-32)24-19-7-10-36-11-8-21(19)33(30-24)18-12-20(27)25(35-4)28-14-18/h12-15,19,21-22H,5-11,16H2,1-4H3. The molecule has 0 spiro atoms. The van der Waals surface area contributed by atoms with E-state index in [0.717, 1.165) is 37.0 Å². The van der Waals surface area contributed by atoms with E-state index in [2.05, 4.69) is 29.7 Å². The van der Waals surface area contributed by atoms with E-state index in [0.29, 0.717) is 31.9 Å². The van der Waals surface area contributed by atoms with E-state index in [1.807, 2.05) is 23.2 Å². The van der Waals surface area contributed by atoms with Crippen molar-refractivity contribution in [3.8, 4) is 5.88 Å². The minimum absolute atomic E-state index is 0.0293. The number of nitrogens with zero attached hydrogens (tertiary/aromatic N) is 6. The summed E-state index contributed by atoms with van der Waals surface area (Å²) in [5.74, 6) is -0.194. The van der Waals surface area contributed by atoms with Crippen LogP contribution in [-0.2, 0) is 9.53 Å². The van der Waals surface area contributed by atoms with E-state index in [1.54, 1.807) is 6.20 Å². The number of hydrazone groups is 1. The van der Waals surface area contributed by atoms with Gasteiger partial charge in [-0.3, -0.25) is 14.5 Å². The third-order valence-corrected chi connectivity index (χ3v) is 8.07. The molecule has 3 aliphatic heterocycles. The lowest BCUT2D eigenvalue weighted by atomic mass is 9.74. The van der Waals surface area contributed by atoms with E-state index >= 15 is 0 Å². The highest BCUT2D eigenvalue weighted by molar-refractivity contribution is 6.04. The summed E-state index contributed by atoms with van der Waals surface area (Å²) >= 11 is 0. The van der Waals surface area contributed by atoms with Gasteiger partial charge in [0.25, 0.3) is 0 Å². The molecule has 36 heavy (non-hydrogen) atoms. The number of piperidine rings is 1. The number of pyridine rings is 1. The Morgan fingerprint density at radius 1 is 1.31 bits per heavy atom. The van der Waals surface area contributed by atoms with Gasteiger partial charge in [0.2, 0.25) is 11.8 Å². The van der Waals surface area contributed by atoms with Crippen molar-refractivity contribution < 1.29 is 18.7 Å². The second-order valence-electron chi connectivity index (χ2n) is 10.4. The topological polar surface area (TPSA) is 85.1 Å². The van der Waals surface area contributed by atoms with Crippen LogP contribution in [0, 0.1) is 17.2 Å². The van der Waals surface area contributed by atoms with Crippen LogP contribution in [0.2, 0.25) is 0 Å². The van der Waals surface area contributed by atoms with Crippen LogP contribution in [0.5, 0.6) is 5.88 Å². The average Bonchev–Trinajstić information content (AvgIpc) is 3.39. The molecule has 1 amide bonds. The maximum absolute atomic E-state index is 14.5. The molecule has 2 saturated heterocycles. The SMILES string of the molecule is CCC(n1cc(C2=NN(c3cnc(OC)c(F)c3)C3CCOCCC23)cn1)C1(C)CCC(=O)N(C)C1. The number of halogens is 1. The average molecular weight is 499 g/mol. The molecule has 5 rings (SSSR count). The van der Waals surface area contributed by atoms with Crippen LogP contribution in [0.25, 0.3) is 0 Å². The third kappa shape index (κ3) is 4.36. The number of carbonyl (C=O) groups is 1. The molecule has 9 nitrogen and oxygen atoms in total. The van der Waals surface area contributed by atoms with Crippen molar-refractivity contribution in [3.63, 3.8) is 0 Å². The monoisotopic (exact) mass is 498 g/mol. The molecule has 0 aromatic carbocycles. The molecular formula is C26H35FN6O3. The number of fused-ring (bicyclic) bond motifs is 1. The first kappa shape index (κ1) is 24.7. The second kappa shape index (κ2) is 9.80. The fourth-order valence-electron chi connectivity index (χ4n) is 6.20. The summed E-state index contributed by atoms with van der Waals surface area (Å²) < 4.78 is 27.3. The number of aromatic nitrogens is 3. The van der Waals surface area contributed by atoms with Gasteiger partial charge in [0, 0.05) is 62.4 Å². The molecule has 3 aliphatic rings. The fourth-order valence-corrected chi connectivity index (χ4v) is 6.20. The van der Waals surface area contributed by atoms with Crippen LogP contribution < -0.4 is 9.75 Å².